The third-order valence-electron chi connectivity index (χ3n) is 2.78. The largest absolute Gasteiger partial charge is 0.418 e. The Bertz CT molecular complexity index is 718. The maximum Gasteiger partial charge on any atom is 0.418 e. The summed E-state index contributed by atoms with van der Waals surface area (Å²) in [6.45, 7) is 2.81. The fourth-order valence-corrected chi connectivity index (χ4v) is 2.44. The molecule has 0 amide bonds. The molecule has 0 aliphatic heterocycles. The van der Waals surface area contributed by atoms with Gasteiger partial charge in [0.2, 0.25) is 10.0 Å². The van der Waals surface area contributed by atoms with Gasteiger partial charge >= 0.3 is 10.4 Å². The van der Waals surface area contributed by atoms with Crippen LogP contribution >= 0.6 is 0 Å². The summed E-state index contributed by atoms with van der Waals surface area (Å²) < 4.78 is 57.7. The highest BCUT2D eigenvalue weighted by Gasteiger charge is 2.06. The van der Waals surface area contributed by atoms with Crippen molar-refractivity contribution < 1.29 is 25.7 Å². The molecule has 0 bridgehead atoms. The summed E-state index contributed by atoms with van der Waals surface area (Å²) in [5.74, 6) is 0. The number of nitrogens with one attached hydrogen (secondary N) is 3. The van der Waals surface area contributed by atoms with Crippen LogP contribution in [0.2, 0.25) is 0 Å². The lowest BCUT2D eigenvalue weighted by molar-refractivity contribution is 0.320. The molecule has 1 aromatic carbocycles. The number of benzene rings is 1. The average molecular weight is 367 g/mol. The molecule has 9 nitrogen and oxygen atoms in total. The van der Waals surface area contributed by atoms with E-state index < -0.39 is 20.4 Å². The van der Waals surface area contributed by atoms with Gasteiger partial charge in [-0.1, -0.05) is 0 Å². The summed E-state index contributed by atoms with van der Waals surface area (Å²) in [5.41, 5.74) is 4.10. The van der Waals surface area contributed by atoms with Crippen molar-refractivity contribution in [2.24, 2.45) is 0 Å². The van der Waals surface area contributed by atoms with Crippen molar-refractivity contribution >= 4 is 31.8 Å². The topological polar surface area (TPSA) is 134 Å². The minimum absolute atomic E-state index is 0.398. The van der Waals surface area contributed by atoms with Gasteiger partial charge in [-0.3, -0.25) is 4.55 Å². The van der Waals surface area contributed by atoms with E-state index in [0.29, 0.717) is 25.2 Å². The molecule has 1 aromatic rings. The molecular formula is C12H21N3O6S2. The second kappa shape index (κ2) is 8.45. The van der Waals surface area contributed by atoms with Gasteiger partial charge in [-0.25, -0.2) is 18.6 Å². The first-order valence-electron chi connectivity index (χ1n) is 6.78. The van der Waals surface area contributed by atoms with Crippen LogP contribution < -0.4 is 15.5 Å². The number of rotatable bonds is 10. The van der Waals surface area contributed by atoms with Crippen molar-refractivity contribution in [3.05, 3.63) is 23.8 Å². The Labute approximate surface area is 136 Å². The molecule has 0 atom stereocenters. The summed E-state index contributed by atoms with van der Waals surface area (Å²) in [5, 5.41) is 3.17. The lowest BCUT2D eigenvalue weighted by Crippen LogP contribution is -2.23. The van der Waals surface area contributed by atoms with Crippen molar-refractivity contribution in [1.82, 2.24) is 4.72 Å². The fourth-order valence-electron chi connectivity index (χ4n) is 1.73. The highest BCUT2D eigenvalue weighted by Crippen LogP contribution is 2.20. The molecule has 0 saturated carbocycles. The quantitative estimate of drug-likeness (QED) is 0.272. The molecular weight excluding hydrogens is 346 g/mol. The summed E-state index contributed by atoms with van der Waals surface area (Å²) in [7, 11) is -7.70. The van der Waals surface area contributed by atoms with Crippen LogP contribution in [0.5, 0.6) is 0 Å². The van der Waals surface area contributed by atoms with Gasteiger partial charge in [0, 0.05) is 18.8 Å². The molecule has 0 heterocycles. The van der Waals surface area contributed by atoms with Crippen molar-refractivity contribution in [3.8, 4) is 0 Å². The first-order chi connectivity index (χ1) is 10.6. The van der Waals surface area contributed by atoms with Gasteiger partial charge < -0.3 is 5.32 Å². The number of hydrogen-bond donors (Lipinski definition) is 4. The minimum Gasteiger partial charge on any atom is -0.385 e. The van der Waals surface area contributed by atoms with Gasteiger partial charge in [-0.05, 0) is 43.5 Å². The zero-order chi connectivity index (χ0) is 17.5. The van der Waals surface area contributed by atoms with E-state index in [1.807, 2.05) is 0 Å². The molecule has 0 aliphatic carbocycles. The maximum atomic E-state index is 10.9. The Balaban J connectivity index is 2.37. The van der Waals surface area contributed by atoms with Crippen LogP contribution in [0.3, 0.4) is 0 Å². The molecule has 23 heavy (non-hydrogen) atoms. The third-order valence-corrected chi connectivity index (χ3v) is 3.80. The molecule has 0 fully saturated rings. The lowest BCUT2D eigenvalue weighted by Gasteiger charge is -2.11. The van der Waals surface area contributed by atoms with Gasteiger partial charge in [-0.2, -0.15) is 8.42 Å². The first-order valence-corrected chi connectivity index (χ1v) is 10.0. The molecule has 0 unspecified atom stereocenters. The van der Waals surface area contributed by atoms with Gasteiger partial charge in [0.1, 0.15) is 0 Å². The van der Waals surface area contributed by atoms with E-state index in [1.54, 1.807) is 25.1 Å². The standard InChI is InChI=1S/C12H21N3O6S2/c1-10-9-11(5-6-12(10)15-21-23(18,19)20)13-7-3-4-8-14-22(2,16)17/h5-6,9,13-15H,3-4,7-8H2,1-2H3,(H,18,19,20). The van der Waals surface area contributed by atoms with E-state index >= 15 is 0 Å². The van der Waals surface area contributed by atoms with Crippen LogP contribution in [-0.2, 0) is 24.7 Å². The SMILES string of the molecule is Cc1cc(NCCCCNS(C)(=O)=O)ccc1NOS(=O)(=O)O. The number of anilines is 2. The Kier molecular flexibility index (Phi) is 7.22. The zero-order valence-electron chi connectivity index (χ0n) is 12.9. The third kappa shape index (κ3) is 9.36. The predicted molar refractivity (Wildman–Crippen MR) is 88.0 cm³/mol. The minimum atomic E-state index is -4.56. The van der Waals surface area contributed by atoms with Crippen molar-refractivity contribution in [3.63, 3.8) is 0 Å². The number of unbranched alkanes of at least 4 members (excludes halogenated alkanes) is 1. The van der Waals surface area contributed by atoms with E-state index in [2.05, 4.69) is 19.8 Å². The summed E-state index contributed by atoms with van der Waals surface area (Å²) in [4.78, 5) is 0. The van der Waals surface area contributed by atoms with E-state index in [0.717, 1.165) is 23.9 Å². The normalized spacial score (nSPS) is 12.1. The van der Waals surface area contributed by atoms with Crippen LogP contribution in [0.25, 0.3) is 0 Å². The van der Waals surface area contributed by atoms with Gasteiger partial charge in [0.25, 0.3) is 0 Å². The zero-order valence-corrected chi connectivity index (χ0v) is 14.5. The van der Waals surface area contributed by atoms with E-state index in [1.165, 1.54) is 0 Å². The molecule has 1 rings (SSSR count). The lowest BCUT2D eigenvalue weighted by atomic mass is 10.2. The van der Waals surface area contributed by atoms with Gasteiger partial charge in [0.05, 0.1) is 11.9 Å². The highest BCUT2D eigenvalue weighted by molar-refractivity contribution is 7.88. The summed E-state index contributed by atoms with van der Waals surface area (Å²) in [6.07, 6.45) is 2.61. The second-order valence-electron chi connectivity index (χ2n) is 4.94. The summed E-state index contributed by atoms with van der Waals surface area (Å²) in [6, 6.07) is 5.11. The molecule has 0 saturated heterocycles. The van der Waals surface area contributed by atoms with E-state index in [9.17, 15) is 16.8 Å². The molecule has 4 N–H and O–H groups in total. The number of sulfonamides is 1. The highest BCUT2D eigenvalue weighted by atomic mass is 32.3. The van der Waals surface area contributed by atoms with Crippen LogP contribution in [0, 0.1) is 6.92 Å². The fraction of sp³-hybridized carbons (Fsp3) is 0.500. The maximum absolute atomic E-state index is 10.9. The van der Waals surface area contributed by atoms with E-state index in [4.69, 9.17) is 4.55 Å². The second-order valence-corrected chi connectivity index (χ2v) is 7.80. The van der Waals surface area contributed by atoms with E-state index in [-0.39, 0.29) is 0 Å². The van der Waals surface area contributed by atoms with Crippen LogP contribution in [0.4, 0.5) is 11.4 Å². The van der Waals surface area contributed by atoms with Crippen LogP contribution in [0.15, 0.2) is 18.2 Å². The molecule has 0 aromatic heterocycles. The van der Waals surface area contributed by atoms with Crippen LogP contribution in [-0.4, -0.2) is 40.7 Å². The molecule has 11 heteroatoms. The number of hydrogen-bond acceptors (Lipinski definition) is 7. The van der Waals surface area contributed by atoms with Crippen molar-refractivity contribution in [2.45, 2.75) is 19.8 Å². The first kappa shape index (κ1) is 19.6. The molecule has 0 radical (unpaired) electrons. The Morgan fingerprint density at radius 2 is 1.78 bits per heavy atom. The van der Waals surface area contributed by atoms with Crippen molar-refractivity contribution in [2.75, 3.05) is 30.1 Å². The summed E-state index contributed by atoms with van der Waals surface area (Å²) >= 11 is 0. The number of aryl methyl sites for hydroxylation is 1. The average Bonchev–Trinajstić information content (AvgIpc) is 2.39. The Morgan fingerprint density at radius 3 is 2.35 bits per heavy atom. The smallest absolute Gasteiger partial charge is 0.385 e. The molecule has 0 spiro atoms. The molecule has 0 aliphatic rings. The van der Waals surface area contributed by atoms with Gasteiger partial charge in [-0.15, -0.1) is 4.28 Å². The predicted octanol–water partition coefficient (Wildman–Crippen LogP) is 0.883. The molecule has 132 valence electrons. The van der Waals surface area contributed by atoms with Gasteiger partial charge in [0.15, 0.2) is 0 Å². The van der Waals surface area contributed by atoms with Crippen molar-refractivity contribution in [1.29, 1.82) is 0 Å². The monoisotopic (exact) mass is 367 g/mol. The Hall–Kier alpha value is -1.40. The Morgan fingerprint density at radius 1 is 1.13 bits per heavy atom. The van der Waals surface area contributed by atoms with Crippen LogP contribution in [0.1, 0.15) is 18.4 Å².